The first-order valence-electron chi connectivity index (χ1n) is 8.94. The molecule has 0 bridgehead atoms. The highest BCUT2D eigenvalue weighted by atomic mass is 35.5. The second-order valence-electron chi connectivity index (χ2n) is 6.53. The van der Waals surface area contributed by atoms with Gasteiger partial charge in [-0.25, -0.2) is 4.68 Å². The van der Waals surface area contributed by atoms with E-state index >= 15 is 0 Å². The quantitative estimate of drug-likeness (QED) is 0.620. The minimum absolute atomic E-state index is 0.151. The third-order valence-corrected chi connectivity index (χ3v) is 6.07. The standard InChI is InChI=1S/C18H24ClN5OS/c1-3-15-6-4-5-11-23(15)17(25)12(2)26-18-22-21-16(24(18)20)13-7-9-14(19)10-8-13/h7-10,12,15H,3-6,11,20H2,1-2H3. The summed E-state index contributed by atoms with van der Waals surface area (Å²) in [6.45, 7) is 4.89. The Morgan fingerprint density at radius 2 is 2.08 bits per heavy atom. The maximum atomic E-state index is 12.9. The Labute approximate surface area is 163 Å². The molecule has 1 aromatic heterocycles. The number of amides is 1. The van der Waals surface area contributed by atoms with Crippen LogP contribution in [0.15, 0.2) is 29.4 Å². The fraction of sp³-hybridized carbons (Fsp3) is 0.500. The maximum Gasteiger partial charge on any atom is 0.236 e. The summed E-state index contributed by atoms with van der Waals surface area (Å²) in [5.41, 5.74) is 0.831. The van der Waals surface area contributed by atoms with Crippen LogP contribution in [-0.2, 0) is 4.79 Å². The van der Waals surface area contributed by atoms with Crippen LogP contribution in [0.25, 0.3) is 11.4 Å². The molecule has 0 spiro atoms. The van der Waals surface area contributed by atoms with Crippen molar-refractivity contribution in [3.05, 3.63) is 29.3 Å². The highest BCUT2D eigenvalue weighted by molar-refractivity contribution is 8.00. The summed E-state index contributed by atoms with van der Waals surface area (Å²) in [4.78, 5) is 14.9. The number of aromatic nitrogens is 3. The molecule has 0 aliphatic carbocycles. The third kappa shape index (κ3) is 3.99. The van der Waals surface area contributed by atoms with Crippen molar-refractivity contribution >= 4 is 29.3 Å². The van der Waals surface area contributed by atoms with Crippen LogP contribution in [0.1, 0.15) is 39.5 Å². The minimum Gasteiger partial charge on any atom is -0.339 e. The van der Waals surface area contributed by atoms with E-state index < -0.39 is 0 Å². The number of halogens is 1. The largest absolute Gasteiger partial charge is 0.339 e. The van der Waals surface area contributed by atoms with Gasteiger partial charge in [-0.05, 0) is 56.9 Å². The molecule has 2 aromatic rings. The number of nitrogens with two attached hydrogens (primary N) is 1. The predicted molar refractivity (Wildman–Crippen MR) is 106 cm³/mol. The van der Waals surface area contributed by atoms with Crippen LogP contribution in [0.2, 0.25) is 5.02 Å². The van der Waals surface area contributed by atoms with E-state index in [9.17, 15) is 4.79 Å². The zero-order chi connectivity index (χ0) is 18.7. The number of nitrogens with zero attached hydrogens (tertiary/aromatic N) is 4. The molecule has 26 heavy (non-hydrogen) atoms. The zero-order valence-corrected chi connectivity index (χ0v) is 16.6. The molecule has 0 radical (unpaired) electrons. The molecule has 2 heterocycles. The van der Waals surface area contributed by atoms with E-state index in [0.29, 0.717) is 22.0 Å². The summed E-state index contributed by atoms with van der Waals surface area (Å²) in [5, 5.41) is 9.26. The van der Waals surface area contributed by atoms with Crippen molar-refractivity contribution in [2.75, 3.05) is 12.4 Å². The van der Waals surface area contributed by atoms with Gasteiger partial charge in [0.05, 0.1) is 5.25 Å². The summed E-state index contributed by atoms with van der Waals surface area (Å²) in [6.07, 6.45) is 4.36. The molecule has 6 nitrogen and oxygen atoms in total. The van der Waals surface area contributed by atoms with Gasteiger partial charge in [0.15, 0.2) is 5.82 Å². The number of rotatable bonds is 5. The average molecular weight is 394 g/mol. The van der Waals surface area contributed by atoms with E-state index in [4.69, 9.17) is 17.4 Å². The van der Waals surface area contributed by atoms with Crippen LogP contribution < -0.4 is 5.84 Å². The molecular weight excluding hydrogens is 370 g/mol. The zero-order valence-electron chi connectivity index (χ0n) is 15.1. The first kappa shape index (κ1) is 19.0. The van der Waals surface area contributed by atoms with Crippen LogP contribution in [-0.4, -0.2) is 43.5 Å². The molecule has 2 atom stereocenters. The first-order chi connectivity index (χ1) is 12.5. The first-order valence-corrected chi connectivity index (χ1v) is 10.2. The van der Waals surface area contributed by atoms with Gasteiger partial charge in [-0.3, -0.25) is 4.79 Å². The van der Waals surface area contributed by atoms with Gasteiger partial charge in [0, 0.05) is 23.2 Å². The highest BCUT2D eigenvalue weighted by Crippen LogP contribution is 2.28. The van der Waals surface area contributed by atoms with Crippen LogP contribution >= 0.6 is 23.4 Å². The second kappa shape index (κ2) is 8.31. The summed E-state index contributed by atoms with van der Waals surface area (Å²) < 4.78 is 1.44. The van der Waals surface area contributed by atoms with Gasteiger partial charge in [-0.2, -0.15) is 0 Å². The van der Waals surface area contributed by atoms with Gasteiger partial charge in [0.1, 0.15) is 0 Å². The van der Waals surface area contributed by atoms with E-state index in [0.717, 1.165) is 31.4 Å². The van der Waals surface area contributed by atoms with Crippen molar-refractivity contribution in [3.63, 3.8) is 0 Å². The van der Waals surface area contributed by atoms with Crippen molar-refractivity contribution < 1.29 is 4.79 Å². The van der Waals surface area contributed by atoms with Crippen LogP contribution in [0.3, 0.4) is 0 Å². The SMILES string of the molecule is CCC1CCCCN1C(=O)C(C)Sc1nnc(-c2ccc(Cl)cc2)n1N. The molecule has 1 aliphatic heterocycles. The molecule has 1 fully saturated rings. The van der Waals surface area contributed by atoms with E-state index in [1.165, 1.54) is 22.9 Å². The van der Waals surface area contributed by atoms with Crippen LogP contribution in [0, 0.1) is 0 Å². The third-order valence-electron chi connectivity index (χ3n) is 4.78. The predicted octanol–water partition coefficient (Wildman–Crippen LogP) is 3.58. The molecule has 2 N–H and O–H groups in total. The molecule has 3 rings (SSSR count). The molecule has 0 saturated carbocycles. The molecule has 140 valence electrons. The van der Waals surface area contributed by atoms with E-state index in [1.807, 2.05) is 24.0 Å². The lowest BCUT2D eigenvalue weighted by Gasteiger charge is -2.36. The van der Waals surface area contributed by atoms with Gasteiger partial charge < -0.3 is 10.7 Å². The van der Waals surface area contributed by atoms with Gasteiger partial charge >= 0.3 is 0 Å². The number of carbonyl (C=O) groups excluding carboxylic acids is 1. The Kier molecular flexibility index (Phi) is 6.09. The Morgan fingerprint density at radius 3 is 2.77 bits per heavy atom. The highest BCUT2D eigenvalue weighted by Gasteiger charge is 2.30. The number of hydrogen-bond acceptors (Lipinski definition) is 5. The lowest BCUT2D eigenvalue weighted by Crippen LogP contribution is -2.46. The number of carbonyl (C=O) groups is 1. The molecule has 1 aromatic carbocycles. The molecule has 8 heteroatoms. The Balaban J connectivity index is 1.72. The number of nitrogen functional groups attached to an aromatic ring is 1. The van der Waals surface area contributed by atoms with Gasteiger partial charge in [-0.1, -0.05) is 30.3 Å². The Bertz CT molecular complexity index is 763. The summed E-state index contributed by atoms with van der Waals surface area (Å²) in [7, 11) is 0. The topological polar surface area (TPSA) is 77.0 Å². The summed E-state index contributed by atoms with van der Waals surface area (Å²) >= 11 is 7.28. The lowest BCUT2D eigenvalue weighted by molar-refractivity contribution is -0.134. The van der Waals surface area contributed by atoms with Gasteiger partial charge in [0.2, 0.25) is 11.1 Å². The number of hydrogen-bond donors (Lipinski definition) is 1. The number of piperidine rings is 1. The second-order valence-corrected chi connectivity index (χ2v) is 8.28. The maximum absolute atomic E-state index is 12.9. The minimum atomic E-state index is -0.258. The van der Waals surface area contributed by atoms with Crippen molar-refractivity contribution in [2.24, 2.45) is 0 Å². The smallest absolute Gasteiger partial charge is 0.236 e. The van der Waals surface area contributed by atoms with Crippen molar-refractivity contribution in [3.8, 4) is 11.4 Å². The van der Waals surface area contributed by atoms with Crippen LogP contribution in [0.5, 0.6) is 0 Å². The van der Waals surface area contributed by atoms with Gasteiger partial charge in [-0.15, -0.1) is 10.2 Å². The molecule has 1 aliphatic rings. The number of likely N-dealkylation sites (tertiary alicyclic amines) is 1. The van der Waals surface area contributed by atoms with E-state index in [1.54, 1.807) is 12.1 Å². The molecule has 1 amide bonds. The average Bonchev–Trinajstić information content (AvgIpc) is 3.02. The lowest BCUT2D eigenvalue weighted by atomic mass is 10.00. The summed E-state index contributed by atoms with van der Waals surface area (Å²) in [5.74, 6) is 6.87. The number of benzene rings is 1. The summed E-state index contributed by atoms with van der Waals surface area (Å²) in [6, 6.07) is 7.61. The van der Waals surface area contributed by atoms with Crippen LogP contribution in [0.4, 0.5) is 0 Å². The Hall–Kier alpha value is -1.73. The fourth-order valence-electron chi connectivity index (χ4n) is 3.31. The molecule has 2 unspecified atom stereocenters. The van der Waals surface area contributed by atoms with Crippen molar-refractivity contribution in [2.45, 2.75) is 56.0 Å². The normalized spacial score (nSPS) is 18.7. The Morgan fingerprint density at radius 1 is 1.35 bits per heavy atom. The molecular formula is C18H24ClN5OS. The van der Waals surface area contributed by atoms with Crippen molar-refractivity contribution in [1.29, 1.82) is 0 Å². The van der Waals surface area contributed by atoms with Gasteiger partial charge in [0.25, 0.3) is 0 Å². The molecule has 1 saturated heterocycles. The van der Waals surface area contributed by atoms with E-state index in [2.05, 4.69) is 17.1 Å². The number of thioether (sulfide) groups is 1. The van der Waals surface area contributed by atoms with Crippen molar-refractivity contribution in [1.82, 2.24) is 19.8 Å². The van der Waals surface area contributed by atoms with E-state index in [-0.39, 0.29) is 11.2 Å². The monoisotopic (exact) mass is 393 g/mol. The fourth-order valence-corrected chi connectivity index (χ4v) is 4.28.